The maximum absolute atomic E-state index is 9.66. The highest BCUT2D eigenvalue weighted by molar-refractivity contribution is 6.32. The topological polar surface area (TPSA) is 43.7 Å². The van der Waals surface area contributed by atoms with Crippen LogP contribution in [0, 0.1) is 6.92 Å². The van der Waals surface area contributed by atoms with Gasteiger partial charge in [-0.05, 0) is 61.0 Å². The van der Waals surface area contributed by atoms with Crippen LogP contribution in [-0.4, -0.2) is 29.2 Å². The molecule has 0 unspecified atom stereocenters. The van der Waals surface area contributed by atoms with E-state index in [1.54, 1.807) is 12.1 Å². The lowest BCUT2D eigenvalue weighted by Gasteiger charge is -2.15. The van der Waals surface area contributed by atoms with Crippen LogP contribution in [0.15, 0.2) is 30.3 Å². The van der Waals surface area contributed by atoms with Crippen molar-refractivity contribution in [2.24, 2.45) is 0 Å². The molecule has 0 spiro atoms. The first kappa shape index (κ1) is 15.8. The second-order valence-corrected chi connectivity index (χ2v) is 5.91. The number of phenolic OH excluding ortho intramolecular Hbond substituents is 1. The zero-order valence-corrected chi connectivity index (χ0v) is 13.3. The summed E-state index contributed by atoms with van der Waals surface area (Å²) in [6, 6.07) is 9.45. The highest BCUT2D eigenvalue weighted by atomic mass is 35.5. The second-order valence-electron chi connectivity index (χ2n) is 5.51. The van der Waals surface area contributed by atoms with E-state index in [0.717, 1.165) is 34.4 Å². The van der Waals surface area contributed by atoms with Gasteiger partial charge in [-0.15, -0.1) is 0 Å². The Balaban J connectivity index is 2.51. The number of aryl methyl sites for hydroxylation is 1. The molecule has 0 heterocycles. The van der Waals surface area contributed by atoms with Crippen LogP contribution in [0.1, 0.15) is 16.7 Å². The van der Waals surface area contributed by atoms with Gasteiger partial charge in [0.1, 0.15) is 5.75 Å². The van der Waals surface area contributed by atoms with Crippen LogP contribution in [0.3, 0.4) is 0 Å². The number of benzene rings is 2. The van der Waals surface area contributed by atoms with Gasteiger partial charge >= 0.3 is 0 Å². The van der Waals surface area contributed by atoms with E-state index in [9.17, 15) is 10.2 Å². The smallest absolute Gasteiger partial charge is 0.134 e. The van der Waals surface area contributed by atoms with E-state index in [1.807, 2.05) is 33.2 Å². The highest BCUT2D eigenvalue weighted by Gasteiger charge is 2.11. The molecule has 0 aromatic heterocycles. The average Bonchev–Trinajstić information content (AvgIpc) is 2.42. The molecule has 0 bridgehead atoms. The van der Waals surface area contributed by atoms with Crippen LogP contribution in [0.4, 0.5) is 0 Å². The number of halogens is 1. The number of phenols is 1. The standard InChI is InChI=1S/C17H20ClNO2/c1-11-6-17(21)16(18)8-15(11)14-5-4-12(9-19(2)3)7-13(14)10-20/h4-8,20-21H,9-10H2,1-3H3. The van der Waals surface area contributed by atoms with Crippen molar-refractivity contribution in [3.8, 4) is 16.9 Å². The van der Waals surface area contributed by atoms with Crippen molar-refractivity contribution >= 4 is 11.6 Å². The van der Waals surface area contributed by atoms with Crippen LogP contribution < -0.4 is 0 Å². The highest BCUT2D eigenvalue weighted by Crippen LogP contribution is 2.34. The zero-order chi connectivity index (χ0) is 15.6. The monoisotopic (exact) mass is 305 g/mol. The van der Waals surface area contributed by atoms with E-state index in [0.29, 0.717) is 5.02 Å². The van der Waals surface area contributed by atoms with Gasteiger partial charge in [-0.1, -0.05) is 29.8 Å². The summed E-state index contributed by atoms with van der Waals surface area (Å²) >= 11 is 6.01. The van der Waals surface area contributed by atoms with Crippen LogP contribution in [0.2, 0.25) is 5.02 Å². The number of aromatic hydroxyl groups is 1. The van der Waals surface area contributed by atoms with E-state index in [-0.39, 0.29) is 12.4 Å². The molecule has 0 saturated heterocycles. The van der Waals surface area contributed by atoms with Crippen LogP contribution in [0.25, 0.3) is 11.1 Å². The number of rotatable bonds is 4. The van der Waals surface area contributed by atoms with Gasteiger partial charge in [0.2, 0.25) is 0 Å². The molecule has 0 aliphatic carbocycles. The van der Waals surface area contributed by atoms with Crippen LogP contribution in [0.5, 0.6) is 5.75 Å². The summed E-state index contributed by atoms with van der Waals surface area (Å²) in [5.41, 5.74) is 4.80. The average molecular weight is 306 g/mol. The summed E-state index contributed by atoms with van der Waals surface area (Å²) in [6.07, 6.45) is 0. The number of nitrogens with zero attached hydrogens (tertiary/aromatic N) is 1. The fraction of sp³-hybridized carbons (Fsp3) is 0.294. The van der Waals surface area contributed by atoms with Crippen molar-refractivity contribution in [3.05, 3.63) is 52.0 Å². The minimum Gasteiger partial charge on any atom is -0.506 e. The molecule has 0 aliphatic rings. The lowest BCUT2D eigenvalue weighted by Crippen LogP contribution is -2.11. The van der Waals surface area contributed by atoms with Gasteiger partial charge < -0.3 is 15.1 Å². The van der Waals surface area contributed by atoms with Crippen molar-refractivity contribution in [1.29, 1.82) is 0 Å². The van der Waals surface area contributed by atoms with E-state index in [4.69, 9.17) is 11.6 Å². The Bertz CT molecular complexity index is 653. The number of aliphatic hydroxyl groups is 1. The Kier molecular flexibility index (Phi) is 4.88. The first-order chi connectivity index (χ1) is 9.92. The van der Waals surface area contributed by atoms with E-state index >= 15 is 0 Å². The minimum atomic E-state index is -0.0332. The molecular weight excluding hydrogens is 286 g/mol. The Morgan fingerprint density at radius 2 is 1.81 bits per heavy atom. The summed E-state index contributed by atoms with van der Waals surface area (Å²) in [7, 11) is 4.02. The molecule has 21 heavy (non-hydrogen) atoms. The van der Waals surface area contributed by atoms with Gasteiger partial charge in [-0.3, -0.25) is 0 Å². The second kappa shape index (κ2) is 6.48. The minimum absolute atomic E-state index is 0.0332. The predicted molar refractivity (Wildman–Crippen MR) is 86.6 cm³/mol. The molecule has 2 aromatic carbocycles. The molecule has 2 aromatic rings. The summed E-state index contributed by atoms with van der Waals surface area (Å²) in [5.74, 6) is 0.0766. The Labute approximate surface area is 130 Å². The number of hydrogen-bond donors (Lipinski definition) is 2. The molecule has 0 atom stereocenters. The van der Waals surface area contributed by atoms with Crippen molar-refractivity contribution in [2.75, 3.05) is 14.1 Å². The number of aliphatic hydroxyl groups excluding tert-OH is 1. The third kappa shape index (κ3) is 3.56. The molecule has 112 valence electrons. The maximum atomic E-state index is 9.66. The van der Waals surface area contributed by atoms with Crippen molar-refractivity contribution in [1.82, 2.24) is 4.90 Å². The van der Waals surface area contributed by atoms with Gasteiger partial charge in [-0.25, -0.2) is 0 Å². The lowest BCUT2D eigenvalue weighted by atomic mass is 9.94. The maximum Gasteiger partial charge on any atom is 0.134 e. The third-order valence-corrected chi connectivity index (χ3v) is 3.73. The predicted octanol–water partition coefficient (Wildman–Crippen LogP) is 3.57. The van der Waals surface area contributed by atoms with Gasteiger partial charge in [0.05, 0.1) is 11.6 Å². The van der Waals surface area contributed by atoms with Crippen molar-refractivity contribution < 1.29 is 10.2 Å². The molecule has 0 radical (unpaired) electrons. The van der Waals surface area contributed by atoms with E-state index < -0.39 is 0 Å². The molecule has 0 aliphatic heterocycles. The van der Waals surface area contributed by atoms with Crippen molar-refractivity contribution in [3.63, 3.8) is 0 Å². The Hall–Kier alpha value is -1.55. The molecular formula is C17H20ClNO2. The molecule has 2 rings (SSSR count). The van der Waals surface area contributed by atoms with Gasteiger partial charge in [0, 0.05) is 6.54 Å². The van der Waals surface area contributed by atoms with E-state index in [2.05, 4.69) is 11.0 Å². The van der Waals surface area contributed by atoms with Crippen LogP contribution >= 0.6 is 11.6 Å². The Morgan fingerprint density at radius 3 is 2.43 bits per heavy atom. The first-order valence-electron chi connectivity index (χ1n) is 6.79. The lowest BCUT2D eigenvalue weighted by molar-refractivity contribution is 0.282. The quantitative estimate of drug-likeness (QED) is 0.907. The fourth-order valence-corrected chi connectivity index (χ4v) is 2.62. The van der Waals surface area contributed by atoms with Gasteiger partial charge in [0.15, 0.2) is 0 Å². The van der Waals surface area contributed by atoms with Crippen LogP contribution in [-0.2, 0) is 13.2 Å². The molecule has 4 heteroatoms. The molecule has 0 saturated carbocycles. The summed E-state index contributed by atoms with van der Waals surface area (Å²) in [4.78, 5) is 2.08. The zero-order valence-electron chi connectivity index (χ0n) is 12.5. The molecule has 3 nitrogen and oxygen atoms in total. The molecule has 2 N–H and O–H groups in total. The van der Waals surface area contributed by atoms with Gasteiger partial charge in [-0.2, -0.15) is 0 Å². The van der Waals surface area contributed by atoms with Crippen molar-refractivity contribution in [2.45, 2.75) is 20.1 Å². The first-order valence-corrected chi connectivity index (χ1v) is 7.17. The Morgan fingerprint density at radius 1 is 1.10 bits per heavy atom. The van der Waals surface area contributed by atoms with E-state index in [1.165, 1.54) is 0 Å². The molecule has 0 fully saturated rings. The third-order valence-electron chi connectivity index (χ3n) is 3.42. The summed E-state index contributed by atoms with van der Waals surface area (Å²) in [6.45, 7) is 2.71. The molecule has 0 amide bonds. The summed E-state index contributed by atoms with van der Waals surface area (Å²) < 4.78 is 0. The fourth-order valence-electron chi connectivity index (χ4n) is 2.46. The normalized spacial score (nSPS) is 11.1. The summed E-state index contributed by atoms with van der Waals surface area (Å²) in [5, 5.41) is 19.6. The SMILES string of the molecule is Cc1cc(O)c(Cl)cc1-c1ccc(CN(C)C)cc1CO. The number of hydrogen-bond acceptors (Lipinski definition) is 3. The van der Waals surface area contributed by atoms with Gasteiger partial charge in [0.25, 0.3) is 0 Å². The largest absolute Gasteiger partial charge is 0.506 e.